The van der Waals surface area contributed by atoms with Crippen molar-refractivity contribution in [2.75, 3.05) is 12.0 Å². The standard InChI is InChI=1S/C34H22BrCl2F5N2O6/c1-50-19-10-14(35)9-17(28(19)45)21-15-7-8-16-20(30(47)43(29(16)46)12-13-5-3-2-4-6-13)18(15)11-33(36)31(48)44(32(49)34(21,33)37)27-25(41)23(39)22(38)24(40)26(27)42/h2-7,9-10,16,18,20-21,45H,8,11-12H2,1H3/t16-,18+,20-,21+,33+,34-/m0/s1. The first-order valence-corrected chi connectivity index (χ1v) is 16.6. The summed E-state index contributed by atoms with van der Waals surface area (Å²) in [5.74, 6) is -22.4. The maximum Gasteiger partial charge on any atom is 0.258 e. The largest absolute Gasteiger partial charge is 0.504 e. The number of phenolic OH excluding ortho intramolecular Hbond substituents is 1. The highest BCUT2D eigenvalue weighted by atomic mass is 79.9. The molecule has 2 saturated heterocycles. The molecule has 3 fully saturated rings. The van der Waals surface area contributed by atoms with Crippen LogP contribution in [0.3, 0.4) is 0 Å². The molecule has 6 atom stereocenters. The average molecular weight is 800 g/mol. The summed E-state index contributed by atoms with van der Waals surface area (Å²) in [5.41, 5.74) is -1.23. The van der Waals surface area contributed by atoms with Gasteiger partial charge in [-0.2, -0.15) is 0 Å². The minimum Gasteiger partial charge on any atom is -0.504 e. The summed E-state index contributed by atoms with van der Waals surface area (Å²) in [7, 11) is 1.22. The van der Waals surface area contributed by atoms with E-state index in [0.717, 1.165) is 4.90 Å². The van der Waals surface area contributed by atoms with E-state index in [9.17, 15) is 37.5 Å². The van der Waals surface area contributed by atoms with Crippen LogP contribution in [0.25, 0.3) is 0 Å². The number of methoxy groups -OCH3 is 1. The van der Waals surface area contributed by atoms with E-state index in [-0.39, 0.29) is 39.2 Å². The Morgan fingerprint density at radius 1 is 0.900 bits per heavy atom. The molecular formula is C34H22BrCl2F5N2O6. The number of imide groups is 2. The number of carbonyl (C=O) groups is 4. The van der Waals surface area contributed by atoms with Crippen molar-refractivity contribution in [3.63, 3.8) is 0 Å². The number of rotatable bonds is 5. The van der Waals surface area contributed by atoms with Gasteiger partial charge in [0.1, 0.15) is 5.69 Å². The first kappa shape index (κ1) is 34.4. The number of phenols is 1. The lowest BCUT2D eigenvalue weighted by molar-refractivity contribution is -0.141. The van der Waals surface area contributed by atoms with Crippen molar-refractivity contribution >= 4 is 68.4 Å². The van der Waals surface area contributed by atoms with Crippen LogP contribution in [0.2, 0.25) is 0 Å². The van der Waals surface area contributed by atoms with Gasteiger partial charge in [-0.1, -0.05) is 57.9 Å². The molecule has 16 heteroatoms. The van der Waals surface area contributed by atoms with Crippen molar-refractivity contribution in [2.45, 2.75) is 35.1 Å². The van der Waals surface area contributed by atoms with Gasteiger partial charge >= 0.3 is 0 Å². The lowest BCUT2D eigenvalue weighted by Crippen LogP contribution is -2.60. The molecule has 3 aromatic carbocycles. The zero-order chi connectivity index (χ0) is 36.2. The smallest absolute Gasteiger partial charge is 0.258 e. The molecule has 4 aliphatic rings. The number of benzene rings is 3. The van der Waals surface area contributed by atoms with Gasteiger partial charge in [0.2, 0.25) is 17.6 Å². The second-order valence-corrected chi connectivity index (χ2v) is 14.6. The van der Waals surface area contributed by atoms with Crippen LogP contribution >= 0.6 is 39.1 Å². The highest BCUT2D eigenvalue weighted by Crippen LogP contribution is 2.67. The van der Waals surface area contributed by atoms with Crippen molar-refractivity contribution in [1.29, 1.82) is 0 Å². The van der Waals surface area contributed by atoms with E-state index in [4.69, 9.17) is 27.9 Å². The summed E-state index contributed by atoms with van der Waals surface area (Å²) in [5, 5.41) is 11.4. The number of anilines is 1. The number of allylic oxidation sites excluding steroid dienone is 2. The lowest BCUT2D eigenvalue weighted by Gasteiger charge is -2.50. The first-order chi connectivity index (χ1) is 23.6. The maximum atomic E-state index is 15.2. The molecule has 7 rings (SSSR count). The maximum absolute atomic E-state index is 15.2. The number of aromatic hydroxyl groups is 1. The number of likely N-dealkylation sites (tertiary alicyclic amines) is 1. The van der Waals surface area contributed by atoms with Crippen LogP contribution in [0, 0.1) is 46.8 Å². The SMILES string of the molecule is COc1cc(Br)cc([C@H]2C3=CC[C@@H]4C(=O)N(Cc5ccccc5)C(=O)[C@@H]4[C@@H]3C[C@@]3(Cl)C(=O)N(c4c(F)c(F)c(F)c(F)c4F)C(=O)[C@@]23Cl)c1O. The Morgan fingerprint density at radius 2 is 1.52 bits per heavy atom. The molecule has 2 aliphatic heterocycles. The number of fused-ring (bicyclic) bond motifs is 4. The normalized spacial score (nSPS) is 28.9. The molecule has 1 saturated carbocycles. The fraction of sp³-hybridized carbons (Fsp3) is 0.294. The van der Waals surface area contributed by atoms with Gasteiger partial charge in [-0.3, -0.25) is 24.1 Å². The molecule has 4 amide bonds. The van der Waals surface area contributed by atoms with Gasteiger partial charge in [0.15, 0.2) is 44.5 Å². The van der Waals surface area contributed by atoms with E-state index < -0.39 is 104 Å². The Morgan fingerprint density at radius 3 is 2.14 bits per heavy atom. The Bertz CT molecular complexity index is 2060. The Hall–Kier alpha value is -4.01. The number of amides is 4. The van der Waals surface area contributed by atoms with Gasteiger partial charge in [0.05, 0.1) is 25.5 Å². The molecule has 8 nitrogen and oxygen atoms in total. The van der Waals surface area contributed by atoms with Crippen LogP contribution in [-0.4, -0.2) is 50.5 Å². The number of halogens is 8. The van der Waals surface area contributed by atoms with Gasteiger partial charge in [-0.25, -0.2) is 26.9 Å². The summed E-state index contributed by atoms with van der Waals surface area (Å²) in [6, 6.07) is 11.3. The summed E-state index contributed by atoms with van der Waals surface area (Å²) in [6.45, 7) is -0.0719. The highest BCUT2D eigenvalue weighted by Gasteiger charge is 2.77. The van der Waals surface area contributed by atoms with E-state index in [2.05, 4.69) is 15.9 Å². The van der Waals surface area contributed by atoms with Gasteiger partial charge < -0.3 is 9.84 Å². The van der Waals surface area contributed by atoms with Crippen LogP contribution in [0.1, 0.15) is 29.9 Å². The summed E-state index contributed by atoms with van der Waals surface area (Å²) in [4.78, 5) is 51.8. The first-order valence-electron chi connectivity index (χ1n) is 15.0. The molecule has 0 radical (unpaired) electrons. The van der Waals surface area contributed by atoms with Gasteiger partial charge in [-0.15, -0.1) is 23.2 Å². The van der Waals surface area contributed by atoms with Gasteiger partial charge in [0, 0.05) is 16.0 Å². The fourth-order valence-electron chi connectivity index (χ4n) is 7.87. The van der Waals surface area contributed by atoms with Crippen molar-refractivity contribution < 1.29 is 51.0 Å². The van der Waals surface area contributed by atoms with Crippen molar-refractivity contribution in [1.82, 2.24) is 4.90 Å². The molecule has 0 unspecified atom stereocenters. The molecule has 0 spiro atoms. The van der Waals surface area contributed by atoms with Crippen LogP contribution in [0.15, 0.2) is 58.6 Å². The summed E-state index contributed by atoms with van der Waals surface area (Å²) in [6.07, 6.45) is 0.836. The molecular weight excluding hydrogens is 778 g/mol. The zero-order valence-electron chi connectivity index (χ0n) is 25.5. The Kier molecular flexibility index (Phi) is 8.11. The van der Waals surface area contributed by atoms with Gasteiger partial charge in [0.25, 0.3) is 11.8 Å². The van der Waals surface area contributed by atoms with E-state index in [0.29, 0.717) is 5.56 Å². The third kappa shape index (κ3) is 4.46. The van der Waals surface area contributed by atoms with Crippen molar-refractivity contribution in [2.24, 2.45) is 17.8 Å². The number of carbonyl (C=O) groups excluding carboxylic acids is 4. The third-order valence-electron chi connectivity index (χ3n) is 10.1. The predicted molar refractivity (Wildman–Crippen MR) is 171 cm³/mol. The molecule has 2 heterocycles. The highest BCUT2D eigenvalue weighted by molar-refractivity contribution is 9.10. The van der Waals surface area contributed by atoms with E-state index >= 15 is 8.78 Å². The van der Waals surface area contributed by atoms with E-state index in [1.165, 1.54) is 19.2 Å². The van der Waals surface area contributed by atoms with Gasteiger partial charge in [-0.05, 0) is 36.5 Å². The molecule has 2 aliphatic carbocycles. The average Bonchev–Trinajstić information content (AvgIpc) is 3.42. The topological polar surface area (TPSA) is 104 Å². The number of nitrogens with zero attached hydrogens (tertiary/aromatic N) is 2. The molecule has 1 N–H and O–H groups in total. The number of alkyl halides is 2. The molecule has 0 aromatic heterocycles. The van der Waals surface area contributed by atoms with E-state index in [1.54, 1.807) is 36.4 Å². The minimum absolute atomic E-state index is 0.0412. The molecule has 260 valence electrons. The quantitative estimate of drug-likeness (QED) is 0.0778. The Balaban J connectivity index is 1.44. The van der Waals surface area contributed by atoms with Crippen LogP contribution in [0.4, 0.5) is 27.6 Å². The number of hydrogen-bond donors (Lipinski definition) is 1. The second-order valence-electron chi connectivity index (χ2n) is 12.5. The molecule has 50 heavy (non-hydrogen) atoms. The predicted octanol–water partition coefficient (Wildman–Crippen LogP) is 6.62. The van der Waals surface area contributed by atoms with Crippen LogP contribution in [0.5, 0.6) is 11.5 Å². The fourth-order valence-corrected chi connectivity index (χ4v) is 9.25. The third-order valence-corrected chi connectivity index (χ3v) is 12.0. The van der Waals surface area contributed by atoms with Crippen molar-refractivity contribution in [3.8, 4) is 11.5 Å². The Labute approximate surface area is 298 Å². The lowest BCUT2D eigenvalue weighted by atomic mass is 9.56. The molecule has 0 bridgehead atoms. The van der Waals surface area contributed by atoms with Crippen LogP contribution in [-0.2, 0) is 25.7 Å². The molecule has 3 aromatic rings. The van der Waals surface area contributed by atoms with Crippen molar-refractivity contribution in [3.05, 3.63) is 98.8 Å². The minimum atomic E-state index is -2.79. The zero-order valence-corrected chi connectivity index (χ0v) is 28.6. The number of ether oxygens (including phenoxy) is 1. The summed E-state index contributed by atoms with van der Waals surface area (Å²) >= 11 is 17.6. The summed E-state index contributed by atoms with van der Waals surface area (Å²) < 4.78 is 79.0. The monoisotopic (exact) mass is 798 g/mol. The second kappa shape index (κ2) is 11.8. The van der Waals surface area contributed by atoms with Crippen LogP contribution < -0.4 is 9.64 Å². The van der Waals surface area contributed by atoms with E-state index in [1.807, 2.05) is 0 Å². The number of hydrogen-bond acceptors (Lipinski definition) is 6.